The number of aromatic nitrogens is 1. The lowest BCUT2D eigenvalue weighted by Gasteiger charge is -2.37. The predicted octanol–water partition coefficient (Wildman–Crippen LogP) is 7.85. The highest BCUT2D eigenvalue weighted by Crippen LogP contribution is 2.25. The molecule has 0 aliphatic heterocycles. The molecule has 0 spiro atoms. The molecule has 1 aliphatic carbocycles. The summed E-state index contributed by atoms with van der Waals surface area (Å²) in [7, 11) is 0. The molecule has 0 radical (unpaired) electrons. The SMILES string of the molecule is CCCCc1ccc(C(=O)N(CC(=O)N(Cc2cccn2Cc2ccc(Br)cc2)C2CCCCC2)C(C)C)cc1. The van der Waals surface area contributed by atoms with Crippen LogP contribution in [0.2, 0.25) is 0 Å². The van der Waals surface area contributed by atoms with Crippen LogP contribution in [-0.4, -0.2) is 44.8 Å². The Morgan fingerprint density at radius 2 is 1.62 bits per heavy atom. The molecule has 4 rings (SSSR count). The molecule has 40 heavy (non-hydrogen) atoms. The second-order valence-corrected chi connectivity index (χ2v) is 12.3. The van der Waals surface area contributed by atoms with Crippen LogP contribution in [0.25, 0.3) is 0 Å². The van der Waals surface area contributed by atoms with Gasteiger partial charge in [-0.05, 0) is 87.1 Å². The zero-order valence-corrected chi connectivity index (χ0v) is 25.9. The van der Waals surface area contributed by atoms with Gasteiger partial charge in [0.15, 0.2) is 0 Å². The number of carbonyl (C=O) groups excluding carboxylic acids is 2. The smallest absolute Gasteiger partial charge is 0.254 e. The van der Waals surface area contributed by atoms with Crippen LogP contribution in [0, 0.1) is 0 Å². The first-order valence-electron chi connectivity index (χ1n) is 14.9. The van der Waals surface area contributed by atoms with E-state index in [0.29, 0.717) is 12.1 Å². The molecule has 5 nitrogen and oxygen atoms in total. The van der Waals surface area contributed by atoms with Crippen LogP contribution in [0.4, 0.5) is 0 Å². The summed E-state index contributed by atoms with van der Waals surface area (Å²) >= 11 is 3.52. The number of hydrogen-bond acceptors (Lipinski definition) is 2. The van der Waals surface area contributed by atoms with Crippen molar-refractivity contribution < 1.29 is 9.59 Å². The molecule has 3 aromatic rings. The Hall–Kier alpha value is -2.86. The van der Waals surface area contributed by atoms with Crippen molar-refractivity contribution in [2.24, 2.45) is 0 Å². The molecule has 0 saturated heterocycles. The second-order valence-electron chi connectivity index (χ2n) is 11.4. The summed E-state index contributed by atoms with van der Waals surface area (Å²) in [5, 5.41) is 0. The van der Waals surface area contributed by atoms with Gasteiger partial charge in [0, 0.05) is 40.6 Å². The summed E-state index contributed by atoms with van der Waals surface area (Å²) in [4.78, 5) is 31.4. The van der Waals surface area contributed by atoms with Gasteiger partial charge < -0.3 is 14.4 Å². The summed E-state index contributed by atoms with van der Waals surface area (Å²) in [5.41, 5.74) is 4.23. The Kier molecular flexibility index (Phi) is 11.0. The molecule has 2 amide bonds. The molecule has 2 aromatic carbocycles. The van der Waals surface area contributed by atoms with Crippen LogP contribution >= 0.6 is 15.9 Å². The molecule has 1 fully saturated rings. The largest absolute Gasteiger partial charge is 0.345 e. The van der Waals surface area contributed by atoms with Gasteiger partial charge >= 0.3 is 0 Å². The maximum absolute atomic E-state index is 14.0. The number of aryl methyl sites for hydroxylation is 1. The van der Waals surface area contributed by atoms with Gasteiger partial charge in [0.05, 0.1) is 6.54 Å². The molecule has 1 heterocycles. The lowest BCUT2D eigenvalue weighted by atomic mass is 9.94. The Labute approximate surface area is 248 Å². The van der Waals surface area contributed by atoms with Gasteiger partial charge in [0.25, 0.3) is 5.91 Å². The molecule has 1 saturated carbocycles. The van der Waals surface area contributed by atoms with Crippen molar-refractivity contribution in [1.29, 1.82) is 0 Å². The van der Waals surface area contributed by atoms with Gasteiger partial charge in [-0.3, -0.25) is 9.59 Å². The van der Waals surface area contributed by atoms with Gasteiger partial charge in [-0.15, -0.1) is 0 Å². The molecule has 0 atom stereocenters. The minimum Gasteiger partial charge on any atom is -0.345 e. The number of hydrogen-bond donors (Lipinski definition) is 0. The van der Waals surface area contributed by atoms with Gasteiger partial charge in [0.1, 0.15) is 6.54 Å². The van der Waals surface area contributed by atoms with E-state index in [1.165, 1.54) is 17.5 Å². The number of unbranched alkanes of at least 4 members (excludes halogenated alkanes) is 1. The summed E-state index contributed by atoms with van der Waals surface area (Å²) in [5.74, 6) is -0.0440. The topological polar surface area (TPSA) is 45.6 Å². The maximum Gasteiger partial charge on any atom is 0.254 e. The van der Waals surface area contributed by atoms with E-state index in [4.69, 9.17) is 0 Å². The number of benzene rings is 2. The van der Waals surface area contributed by atoms with Crippen molar-refractivity contribution in [1.82, 2.24) is 14.4 Å². The predicted molar refractivity (Wildman–Crippen MR) is 166 cm³/mol. The van der Waals surface area contributed by atoms with Crippen molar-refractivity contribution >= 4 is 27.7 Å². The molecule has 214 valence electrons. The van der Waals surface area contributed by atoms with Crippen molar-refractivity contribution in [2.75, 3.05) is 6.54 Å². The Balaban J connectivity index is 1.51. The fourth-order valence-corrected chi connectivity index (χ4v) is 5.87. The van der Waals surface area contributed by atoms with Crippen LogP contribution in [0.3, 0.4) is 0 Å². The first kappa shape index (κ1) is 30.1. The number of carbonyl (C=O) groups is 2. The van der Waals surface area contributed by atoms with E-state index in [-0.39, 0.29) is 30.4 Å². The first-order chi connectivity index (χ1) is 19.4. The van der Waals surface area contributed by atoms with E-state index < -0.39 is 0 Å². The third-order valence-electron chi connectivity index (χ3n) is 8.07. The van der Waals surface area contributed by atoms with Crippen molar-refractivity contribution in [3.63, 3.8) is 0 Å². The summed E-state index contributed by atoms with van der Waals surface area (Å²) in [6.07, 6.45) is 11.0. The minimum absolute atomic E-state index is 0.0323. The molecule has 0 bridgehead atoms. The van der Waals surface area contributed by atoms with Gasteiger partial charge in [-0.1, -0.05) is 72.8 Å². The second kappa shape index (κ2) is 14.7. The van der Waals surface area contributed by atoms with Crippen molar-refractivity contribution in [3.05, 3.63) is 93.7 Å². The van der Waals surface area contributed by atoms with E-state index in [0.717, 1.165) is 61.7 Å². The van der Waals surface area contributed by atoms with Crippen molar-refractivity contribution in [2.45, 2.75) is 97.3 Å². The maximum atomic E-state index is 14.0. The van der Waals surface area contributed by atoms with E-state index in [1.54, 1.807) is 4.90 Å². The third-order valence-corrected chi connectivity index (χ3v) is 8.60. The Morgan fingerprint density at radius 1 is 0.950 bits per heavy atom. The fourth-order valence-electron chi connectivity index (χ4n) is 5.61. The highest BCUT2D eigenvalue weighted by atomic mass is 79.9. The zero-order chi connectivity index (χ0) is 28.5. The molecular weight excluding hydrogens is 562 g/mol. The Morgan fingerprint density at radius 3 is 2.27 bits per heavy atom. The van der Waals surface area contributed by atoms with Crippen LogP contribution in [-0.2, 0) is 24.3 Å². The summed E-state index contributed by atoms with van der Waals surface area (Å²) in [6, 6.07) is 20.6. The van der Waals surface area contributed by atoms with Gasteiger partial charge in [-0.2, -0.15) is 0 Å². The van der Waals surface area contributed by atoms with Crippen LogP contribution in [0.1, 0.15) is 92.9 Å². The Bertz CT molecular complexity index is 1230. The van der Waals surface area contributed by atoms with E-state index in [2.05, 4.69) is 87.0 Å². The minimum atomic E-state index is -0.0781. The molecule has 1 aliphatic rings. The quantitative estimate of drug-likeness (QED) is 0.211. The lowest BCUT2D eigenvalue weighted by molar-refractivity contribution is -0.136. The number of nitrogens with zero attached hydrogens (tertiary/aromatic N) is 3. The molecular formula is C34H44BrN3O2. The molecule has 0 N–H and O–H groups in total. The standard InChI is InChI=1S/C34H44BrN3O2/c1-4-5-10-27-14-18-29(19-15-27)34(40)37(26(2)3)25-33(39)38(31-11-7-6-8-12-31)24-32-13-9-22-36(32)23-28-16-20-30(35)21-17-28/h9,13-22,26,31H,4-8,10-12,23-25H2,1-3H3. The number of rotatable bonds is 12. The lowest BCUT2D eigenvalue weighted by Crippen LogP contribution is -2.49. The van der Waals surface area contributed by atoms with E-state index in [9.17, 15) is 9.59 Å². The molecule has 1 aromatic heterocycles. The summed E-state index contributed by atoms with van der Waals surface area (Å²) < 4.78 is 3.30. The average Bonchev–Trinajstić information content (AvgIpc) is 3.41. The normalized spacial score (nSPS) is 13.9. The monoisotopic (exact) mass is 605 g/mol. The fraction of sp³-hybridized carbons (Fsp3) is 0.471. The first-order valence-corrected chi connectivity index (χ1v) is 15.7. The van der Waals surface area contributed by atoms with Crippen LogP contribution < -0.4 is 0 Å². The average molecular weight is 607 g/mol. The highest BCUT2D eigenvalue weighted by Gasteiger charge is 2.30. The van der Waals surface area contributed by atoms with Crippen molar-refractivity contribution in [3.8, 4) is 0 Å². The third kappa shape index (κ3) is 8.09. The van der Waals surface area contributed by atoms with E-state index in [1.807, 2.05) is 26.0 Å². The summed E-state index contributed by atoms with van der Waals surface area (Å²) in [6.45, 7) is 7.58. The van der Waals surface area contributed by atoms with Gasteiger partial charge in [-0.25, -0.2) is 0 Å². The number of amides is 2. The van der Waals surface area contributed by atoms with Gasteiger partial charge in [0.2, 0.25) is 5.91 Å². The number of halogens is 1. The van der Waals surface area contributed by atoms with Crippen LogP contribution in [0.5, 0.6) is 0 Å². The zero-order valence-electron chi connectivity index (χ0n) is 24.3. The van der Waals surface area contributed by atoms with E-state index >= 15 is 0 Å². The molecule has 6 heteroatoms. The highest BCUT2D eigenvalue weighted by molar-refractivity contribution is 9.10. The molecule has 0 unspecified atom stereocenters. The van der Waals surface area contributed by atoms with Crippen LogP contribution in [0.15, 0.2) is 71.3 Å².